The summed E-state index contributed by atoms with van der Waals surface area (Å²) in [4.78, 5) is 38.1. The minimum Gasteiger partial charge on any atom is -0.467 e. The van der Waals surface area contributed by atoms with Gasteiger partial charge in [-0.15, -0.1) is 11.3 Å². The van der Waals surface area contributed by atoms with Crippen molar-refractivity contribution < 1.29 is 9.21 Å². The van der Waals surface area contributed by atoms with Crippen LogP contribution in [0, 0.1) is 6.92 Å². The second-order valence-corrected chi connectivity index (χ2v) is 7.97. The largest absolute Gasteiger partial charge is 0.467 e. The van der Waals surface area contributed by atoms with Gasteiger partial charge >= 0.3 is 5.69 Å². The molecular weight excluding hydrogens is 402 g/mol. The zero-order valence-electron chi connectivity index (χ0n) is 16.5. The molecule has 0 saturated heterocycles. The first kappa shape index (κ1) is 19.9. The van der Waals surface area contributed by atoms with Crippen molar-refractivity contribution in [2.75, 3.05) is 0 Å². The van der Waals surface area contributed by atoms with Crippen LogP contribution in [0.2, 0.25) is 0 Å². The molecule has 1 amide bonds. The molecule has 7 nitrogen and oxygen atoms in total. The molecule has 0 radical (unpaired) electrons. The number of aromatic nitrogens is 2. The fourth-order valence-electron chi connectivity index (χ4n) is 3.26. The maximum atomic E-state index is 13.1. The van der Waals surface area contributed by atoms with E-state index in [4.69, 9.17) is 4.42 Å². The first-order valence-electron chi connectivity index (χ1n) is 9.58. The Labute approximate surface area is 176 Å². The quantitative estimate of drug-likeness (QED) is 0.495. The molecule has 30 heavy (non-hydrogen) atoms. The topological polar surface area (TPSA) is 86.2 Å². The van der Waals surface area contributed by atoms with E-state index in [1.54, 1.807) is 28.1 Å². The summed E-state index contributed by atoms with van der Waals surface area (Å²) in [5.74, 6) is 0.384. The SMILES string of the molecule is Cc1ccc(Cn2c(=O)n(CCC(=O)NCc3ccco3)c(=O)c3sccc32)cc1. The zero-order valence-corrected chi connectivity index (χ0v) is 17.3. The van der Waals surface area contributed by atoms with Crippen LogP contribution in [0.4, 0.5) is 0 Å². The zero-order chi connectivity index (χ0) is 21.1. The van der Waals surface area contributed by atoms with Gasteiger partial charge in [0.05, 0.1) is 24.9 Å². The number of hydrogen-bond acceptors (Lipinski definition) is 5. The smallest absolute Gasteiger partial charge is 0.331 e. The van der Waals surface area contributed by atoms with Gasteiger partial charge in [0.15, 0.2) is 0 Å². The van der Waals surface area contributed by atoms with Gasteiger partial charge in [-0.05, 0) is 36.1 Å². The fourth-order valence-corrected chi connectivity index (χ4v) is 4.10. The molecular formula is C22H21N3O4S. The number of furan rings is 1. The van der Waals surface area contributed by atoms with E-state index in [1.807, 2.05) is 31.2 Å². The molecule has 0 bridgehead atoms. The lowest BCUT2D eigenvalue weighted by Crippen LogP contribution is -2.40. The molecule has 0 spiro atoms. The Morgan fingerprint density at radius 1 is 1.10 bits per heavy atom. The maximum absolute atomic E-state index is 13.1. The van der Waals surface area contributed by atoms with Crippen molar-refractivity contribution >= 4 is 27.5 Å². The first-order valence-corrected chi connectivity index (χ1v) is 10.5. The van der Waals surface area contributed by atoms with Crippen LogP contribution in [0.5, 0.6) is 0 Å². The predicted octanol–water partition coefficient (Wildman–Crippen LogP) is 2.88. The number of thiophene rings is 1. The van der Waals surface area contributed by atoms with Crippen molar-refractivity contribution in [3.05, 3.63) is 91.8 Å². The van der Waals surface area contributed by atoms with Crippen molar-refractivity contribution in [2.24, 2.45) is 0 Å². The number of nitrogens with zero attached hydrogens (tertiary/aromatic N) is 2. The van der Waals surface area contributed by atoms with Crippen molar-refractivity contribution in [1.29, 1.82) is 0 Å². The van der Waals surface area contributed by atoms with Crippen LogP contribution in [0.3, 0.4) is 0 Å². The molecule has 0 saturated carbocycles. The molecule has 0 aliphatic heterocycles. The highest BCUT2D eigenvalue weighted by molar-refractivity contribution is 7.17. The van der Waals surface area contributed by atoms with E-state index in [2.05, 4.69) is 5.32 Å². The van der Waals surface area contributed by atoms with Crippen LogP contribution in [-0.2, 0) is 24.4 Å². The number of rotatable bonds is 7. The lowest BCUT2D eigenvalue weighted by Gasteiger charge is -2.12. The van der Waals surface area contributed by atoms with E-state index >= 15 is 0 Å². The van der Waals surface area contributed by atoms with E-state index in [1.165, 1.54) is 17.6 Å². The third-order valence-electron chi connectivity index (χ3n) is 4.90. The highest BCUT2D eigenvalue weighted by Crippen LogP contribution is 2.16. The van der Waals surface area contributed by atoms with Crippen LogP contribution in [0.25, 0.3) is 10.2 Å². The van der Waals surface area contributed by atoms with E-state index in [-0.39, 0.29) is 31.0 Å². The summed E-state index contributed by atoms with van der Waals surface area (Å²) in [6.07, 6.45) is 1.56. The van der Waals surface area contributed by atoms with Gasteiger partial charge in [0, 0.05) is 13.0 Å². The third-order valence-corrected chi connectivity index (χ3v) is 5.79. The van der Waals surface area contributed by atoms with Gasteiger partial charge in [0.2, 0.25) is 5.91 Å². The minimum atomic E-state index is -0.412. The first-order chi connectivity index (χ1) is 14.5. The highest BCUT2D eigenvalue weighted by Gasteiger charge is 2.15. The molecule has 3 aromatic heterocycles. The molecule has 3 heterocycles. The second kappa shape index (κ2) is 8.54. The second-order valence-electron chi connectivity index (χ2n) is 7.05. The Hall–Kier alpha value is -3.39. The summed E-state index contributed by atoms with van der Waals surface area (Å²) in [6.45, 7) is 2.65. The van der Waals surface area contributed by atoms with Crippen LogP contribution < -0.4 is 16.6 Å². The summed E-state index contributed by atoms with van der Waals surface area (Å²) >= 11 is 1.30. The molecule has 8 heteroatoms. The van der Waals surface area contributed by atoms with E-state index in [0.717, 1.165) is 15.7 Å². The van der Waals surface area contributed by atoms with Crippen molar-refractivity contribution in [2.45, 2.75) is 33.0 Å². The Morgan fingerprint density at radius 2 is 1.90 bits per heavy atom. The Kier molecular flexibility index (Phi) is 5.67. The lowest BCUT2D eigenvalue weighted by molar-refractivity contribution is -0.121. The van der Waals surface area contributed by atoms with Crippen LogP contribution >= 0.6 is 11.3 Å². The van der Waals surface area contributed by atoms with Crippen LogP contribution in [0.15, 0.2) is 68.1 Å². The standard InChI is InChI=1S/C22H21N3O4S/c1-15-4-6-16(7-5-15)14-25-18-9-12-30-20(18)21(27)24(22(25)28)10-8-19(26)23-13-17-3-2-11-29-17/h2-7,9,11-12H,8,10,13-14H2,1H3,(H,23,26). The lowest BCUT2D eigenvalue weighted by atomic mass is 10.1. The van der Waals surface area contributed by atoms with E-state index < -0.39 is 5.69 Å². The van der Waals surface area contributed by atoms with Gasteiger partial charge in [-0.1, -0.05) is 29.8 Å². The van der Waals surface area contributed by atoms with Gasteiger partial charge in [-0.3, -0.25) is 18.7 Å². The Bertz CT molecular complexity index is 1280. The summed E-state index contributed by atoms with van der Waals surface area (Å²) in [5, 5.41) is 4.53. The van der Waals surface area contributed by atoms with E-state index in [9.17, 15) is 14.4 Å². The summed E-state index contributed by atoms with van der Waals surface area (Å²) in [7, 11) is 0. The molecule has 4 rings (SSSR count). The predicted molar refractivity (Wildman–Crippen MR) is 116 cm³/mol. The van der Waals surface area contributed by atoms with Crippen LogP contribution in [-0.4, -0.2) is 15.0 Å². The van der Waals surface area contributed by atoms with Crippen molar-refractivity contribution in [1.82, 2.24) is 14.5 Å². The summed E-state index contributed by atoms with van der Waals surface area (Å²) in [6, 6.07) is 13.2. The number of carbonyl (C=O) groups excluding carboxylic acids is 1. The normalized spacial score (nSPS) is 11.1. The molecule has 1 N–H and O–H groups in total. The number of amides is 1. The van der Waals surface area contributed by atoms with Gasteiger partial charge in [0.25, 0.3) is 5.56 Å². The van der Waals surface area contributed by atoms with Gasteiger partial charge in [0.1, 0.15) is 10.5 Å². The number of hydrogen-bond donors (Lipinski definition) is 1. The maximum Gasteiger partial charge on any atom is 0.331 e. The van der Waals surface area contributed by atoms with Crippen LogP contribution in [0.1, 0.15) is 23.3 Å². The highest BCUT2D eigenvalue weighted by atomic mass is 32.1. The summed E-state index contributed by atoms with van der Waals surface area (Å²) < 4.78 is 8.44. The van der Waals surface area contributed by atoms with Crippen molar-refractivity contribution in [3.63, 3.8) is 0 Å². The number of carbonyl (C=O) groups is 1. The molecule has 0 aliphatic carbocycles. The summed E-state index contributed by atoms with van der Waals surface area (Å²) in [5.41, 5.74) is 1.96. The number of aryl methyl sites for hydroxylation is 1. The van der Waals surface area contributed by atoms with Gasteiger partial charge in [-0.2, -0.15) is 0 Å². The number of benzene rings is 1. The Morgan fingerprint density at radius 3 is 2.63 bits per heavy atom. The fraction of sp³-hybridized carbons (Fsp3) is 0.227. The van der Waals surface area contributed by atoms with Crippen molar-refractivity contribution in [3.8, 4) is 0 Å². The monoisotopic (exact) mass is 423 g/mol. The molecule has 154 valence electrons. The molecule has 4 aromatic rings. The van der Waals surface area contributed by atoms with Gasteiger partial charge in [-0.25, -0.2) is 4.79 Å². The average Bonchev–Trinajstić information content (AvgIpc) is 3.43. The van der Waals surface area contributed by atoms with E-state index in [0.29, 0.717) is 22.5 Å². The third kappa shape index (κ3) is 4.13. The Balaban J connectivity index is 1.58. The average molecular weight is 423 g/mol. The molecule has 0 fully saturated rings. The molecule has 0 atom stereocenters. The number of nitrogens with one attached hydrogen (secondary N) is 1. The number of fused-ring (bicyclic) bond motifs is 1. The molecule has 1 aromatic carbocycles. The van der Waals surface area contributed by atoms with Gasteiger partial charge < -0.3 is 9.73 Å². The molecule has 0 unspecified atom stereocenters. The molecule has 0 aliphatic rings. The minimum absolute atomic E-state index is 0.0173.